The highest BCUT2D eigenvalue weighted by Gasteiger charge is 2.07. The molecule has 1 aromatic carbocycles. The van der Waals surface area contributed by atoms with E-state index in [2.05, 4.69) is 9.97 Å². The maximum atomic E-state index is 13.4. The maximum absolute atomic E-state index is 13.4. The fourth-order valence-electron chi connectivity index (χ4n) is 1.18. The Hall–Kier alpha value is -1.55. The molecular weight excluding hydrogens is 205 g/mol. The zero-order valence-electron chi connectivity index (χ0n) is 7.09. The molecule has 5 heteroatoms. The Labute approximate surface area is 84.7 Å². The minimum absolute atomic E-state index is 0.259. The quantitative estimate of drug-likeness (QED) is 0.761. The smallest absolute Gasteiger partial charge is 0.197 e. The van der Waals surface area contributed by atoms with Crippen LogP contribution in [-0.4, -0.2) is 9.97 Å². The molecule has 0 spiro atoms. The van der Waals surface area contributed by atoms with Gasteiger partial charge in [-0.3, -0.25) is 0 Å². The van der Waals surface area contributed by atoms with Crippen molar-refractivity contribution in [2.45, 2.75) is 0 Å². The first kappa shape index (κ1) is 9.02. The molecule has 0 aliphatic heterocycles. The lowest BCUT2D eigenvalue weighted by atomic mass is 10.1. The van der Waals surface area contributed by atoms with Crippen molar-refractivity contribution in [2.24, 2.45) is 0 Å². The largest absolute Gasteiger partial charge is 0.369 e. The summed E-state index contributed by atoms with van der Waals surface area (Å²) in [6.45, 7) is 0. The van der Waals surface area contributed by atoms with Gasteiger partial charge in [0.2, 0.25) is 0 Å². The van der Waals surface area contributed by atoms with Gasteiger partial charge < -0.3 is 10.7 Å². The molecule has 1 heterocycles. The number of aromatic nitrogens is 2. The van der Waals surface area contributed by atoms with Crippen molar-refractivity contribution in [1.29, 1.82) is 0 Å². The number of benzene rings is 1. The molecule has 3 nitrogen and oxygen atoms in total. The summed E-state index contributed by atoms with van der Waals surface area (Å²) in [5, 5.41) is 0.360. The van der Waals surface area contributed by atoms with E-state index in [4.69, 9.17) is 17.3 Å². The first-order valence-corrected chi connectivity index (χ1v) is 4.30. The van der Waals surface area contributed by atoms with E-state index in [-0.39, 0.29) is 5.95 Å². The molecule has 0 atom stereocenters. The van der Waals surface area contributed by atoms with Crippen molar-refractivity contribution in [2.75, 3.05) is 5.73 Å². The first-order valence-electron chi connectivity index (χ1n) is 3.93. The van der Waals surface area contributed by atoms with E-state index >= 15 is 0 Å². The molecule has 0 bridgehead atoms. The molecule has 0 saturated heterocycles. The predicted molar refractivity (Wildman–Crippen MR) is 53.4 cm³/mol. The second-order valence-electron chi connectivity index (χ2n) is 2.81. The van der Waals surface area contributed by atoms with Gasteiger partial charge in [0.1, 0.15) is 5.82 Å². The number of hydrogen-bond acceptors (Lipinski definition) is 2. The Kier molecular flexibility index (Phi) is 2.13. The summed E-state index contributed by atoms with van der Waals surface area (Å²) < 4.78 is 13.4. The van der Waals surface area contributed by atoms with Crippen LogP contribution in [0, 0.1) is 5.82 Å². The third-order valence-corrected chi connectivity index (χ3v) is 2.05. The lowest BCUT2D eigenvalue weighted by molar-refractivity contribution is 0.631. The number of nitrogens with zero attached hydrogens (tertiary/aromatic N) is 1. The fourth-order valence-corrected chi connectivity index (χ4v) is 1.34. The third kappa shape index (κ3) is 1.56. The van der Waals surface area contributed by atoms with Gasteiger partial charge in [-0.2, -0.15) is 0 Å². The predicted octanol–water partition coefficient (Wildman–Crippen LogP) is 2.45. The molecule has 0 radical (unpaired) electrons. The molecule has 14 heavy (non-hydrogen) atoms. The number of aromatic amines is 1. The van der Waals surface area contributed by atoms with Crippen molar-refractivity contribution in [3.05, 3.63) is 35.2 Å². The van der Waals surface area contributed by atoms with Gasteiger partial charge in [-0.15, -0.1) is 0 Å². The summed E-state index contributed by atoms with van der Waals surface area (Å²) >= 11 is 5.62. The van der Waals surface area contributed by atoms with Gasteiger partial charge in [0, 0.05) is 10.6 Å². The molecule has 0 fully saturated rings. The maximum Gasteiger partial charge on any atom is 0.197 e. The van der Waals surface area contributed by atoms with E-state index in [1.54, 1.807) is 12.1 Å². The van der Waals surface area contributed by atoms with Crippen LogP contribution >= 0.6 is 11.6 Å². The molecule has 72 valence electrons. The van der Waals surface area contributed by atoms with Crippen molar-refractivity contribution in [3.63, 3.8) is 0 Å². The topological polar surface area (TPSA) is 54.7 Å². The molecule has 0 unspecified atom stereocenters. The fraction of sp³-hybridized carbons (Fsp3) is 0. The molecular formula is C9H7ClFN3. The molecule has 2 aromatic rings. The number of halogens is 2. The second kappa shape index (κ2) is 3.31. The van der Waals surface area contributed by atoms with E-state index < -0.39 is 5.82 Å². The van der Waals surface area contributed by atoms with E-state index in [0.717, 1.165) is 0 Å². The molecule has 0 saturated carbocycles. The van der Waals surface area contributed by atoms with E-state index in [1.165, 1.54) is 12.3 Å². The van der Waals surface area contributed by atoms with Gasteiger partial charge in [-0.05, 0) is 18.2 Å². The Morgan fingerprint density at radius 3 is 2.79 bits per heavy atom. The summed E-state index contributed by atoms with van der Waals surface area (Å²) in [6, 6.07) is 4.43. The van der Waals surface area contributed by atoms with Crippen LogP contribution in [0.1, 0.15) is 0 Å². The molecule has 0 amide bonds. The van der Waals surface area contributed by atoms with Gasteiger partial charge >= 0.3 is 0 Å². The van der Waals surface area contributed by atoms with Crippen molar-refractivity contribution in [3.8, 4) is 11.3 Å². The number of H-pyrrole nitrogens is 1. The summed E-state index contributed by atoms with van der Waals surface area (Å²) in [5.41, 5.74) is 6.32. The van der Waals surface area contributed by atoms with Gasteiger partial charge in [0.25, 0.3) is 0 Å². The first-order chi connectivity index (χ1) is 6.66. The third-order valence-electron chi connectivity index (χ3n) is 1.82. The van der Waals surface area contributed by atoms with Gasteiger partial charge in [0.05, 0.1) is 11.9 Å². The highest BCUT2D eigenvalue weighted by atomic mass is 35.5. The summed E-state index contributed by atoms with van der Waals surface area (Å²) in [4.78, 5) is 6.52. The molecule has 3 N–H and O–H groups in total. The van der Waals surface area contributed by atoms with Crippen LogP contribution in [0.15, 0.2) is 24.4 Å². The van der Waals surface area contributed by atoms with Gasteiger partial charge in [-0.1, -0.05) is 11.6 Å². The Balaban J connectivity index is 2.52. The normalized spacial score (nSPS) is 10.4. The summed E-state index contributed by atoms with van der Waals surface area (Å²) in [7, 11) is 0. The highest BCUT2D eigenvalue weighted by Crippen LogP contribution is 2.23. The zero-order valence-corrected chi connectivity index (χ0v) is 7.85. The van der Waals surface area contributed by atoms with Gasteiger partial charge in [0.15, 0.2) is 5.95 Å². The summed E-state index contributed by atoms with van der Waals surface area (Å²) in [5.74, 6) is -0.143. The minimum Gasteiger partial charge on any atom is -0.369 e. The van der Waals surface area contributed by atoms with Crippen molar-refractivity contribution in [1.82, 2.24) is 9.97 Å². The number of nitrogens with one attached hydrogen (secondary N) is 1. The molecule has 1 aromatic heterocycles. The van der Waals surface area contributed by atoms with E-state index in [0.29, 0.717) is 16.3 Å². The number of rotatable bonds is 1. The number of anilines is 1. The minimum atomic E-state index is -0.402. The van der Waals surface area contributed by atoms with Crippen LogP contribution < -0.4 is 5.73 Å². The van der Waals surface area contributed by atoms with Gasteiger partial charge in [-0.25, -0.2) is 9.37 Å². The lowest BCUT2D eigenvalue weighted by Crippen LogP contribution is -1.87. The monoisotopic (exact) mass is 211 g/mol. The highest BCUT2D eigenvalue weighted by molar-refractivity contribution is 6.30. The molecule has 0 aliphatic rings. The van der Waals surface area contributed by atoms with Crippen LogP contribution in [-0.2, 0) is 0 Å². The Bertz CT molecular complexity index is 467. The average molecular weight is 212 g/mol. The number of nitrogens with two attached hydrogens (primary N) is 1. The van der Waals surface area contributed by atoms with E-state index in [9.17, 15) is 4.39 Å². The Morgan fingerprint density at radius 1 is 1.43 bits per heavy atom. The average Bonchev–Trinajstić information content (AvgIpc) is 2.51. The zero-order chi connectivity index (χ0) is 10.1. The van der Waals surface area contributed by atoms with Crippen LogP contribution in [0.2, 0.25) is 5.02 Å². The Morgan fingerprint density at radius 2 is 2.21 bits per heavy atom. The lowest BCUT2D eigenvalue weighted by Gasteiger charge is -1.99. The number of nitrogen functional groups attached to an aromatic ring is 1. The van der Waals surface area contributed by atoms with Crippen molar-refractivity contribution < 1.29 is 4.39 Å². The standard InChI is InChI=1S/C9H7ClFN3/c10-5-1-2-6(7(11)3-5)8-4-13-9(12)14-8/h1-4H,(H3,12,13,14). The number of imidazole rings is 1. The van der Waals surface area contributed by atoms with E-state index in [1.807, 2.05) is 0 Å². The van der Waals surface area contributed by atoms with Crippen LogP contribution in [0.25, 0.3) is 11.3 Å². The summed E-state index contributed by atoms with van der Waals surface area (Å²) in [6.07, 6.45) is 1.47. The molecule has 2 rings (SSSR count). The molecule has 0 aliphatic carbocycles. The van der Waals surface area contributed by atoms with Crippen LogP contribution in [0.4, 0.5) is 10.3 Å². The number of hydrogen-bond donors (Lipinski definition) is 2. The van der Waals surface area contributed by atoms with Crippen LogP contribution in [0.5, 0.6) is 0 Å². The SMILES string of the molecule is Nc1ncc(-c2ccc(Cl)cc2F)[nH]1. The van der Waals surface area contributed by atoms with Crippen molar-refractivity contribution >= 4 is 17.5 Å². The second-order valence-corrected chi connectivity index (χ2v) is 3.24. The van der Waals surface area contributed by atoms with Crippen LogP contribution in [0.3, 0.4) is 0 Å².